The molecule has 144 valence electrons. The first kappa shape index (κ1) is 18.6. The molecule has 0 amide bonds. The van der Waals surface area contributed by atoms with E-state index in [0.717, 1.165) is 30.1 Å². The quantitative estimate of drug-likeness (QED) is 0.488. The summed E-state index contributed by atoms with van der Waals surface area (Å²) in [5.41, 5.74) is 4.68. The molecule has 2 fully saturated rings. The highest BCUT2D eigenvalue weighted by Crippen LogP contribution is 2.48. The van der Waals surface area contributed by atoms with E-state index in [2.05, 4.69) is 76.2 Å². The van der Waals surface area contributed by atoms with Gasteiger partial charge in [0.2, 0.25) is 0 Å². The molecule has 0 bridgehead atoms. The molecule has 2 aromatic rings. The van der Waals surface area contributed by atoms with Gasteiger partial charge in [0.15, 0.2) is 0 Å². The van der Waals surface area contributed by atoms with Crippen molar-refractivity contribution in [1.82, 2.24) is 0 Å². The van der Waals surface area contributed by atoms with Crippen LogP contribution >= 0.6 is 0 Å². The summed E-state index contributed by atoms with van der Waals surface area (Å²) in [5, 5.41) is 0. The molecule has 2 saturated carbocycles. The molecule has 2 aliphatic rings. The van der Waals surface area contributed by atoms with Crippen molar-refractivity contribution in [1.29, 1.82) is 0 Å². The standard InChI is InChI=1S/C26H34O/c1-18(2)20-7-6-10-25(15-20)27-17-23-13-22(23)16-26(3,4)24-9-5-8-21(14-24)19-11-12-19/h5-10,14-15,18-19,22-23H,11-13,16-17H2,1-4H3. The lowest BCUT2D eigenvalue weighted by atomic mass is 9.79. The SMILES string of the molecule is CC(C)c1cccc(OCC2CC2CC(C)(C)c2cccc(C3CC3)c2)c1. The fourth-order valence-electron chi connectivity index (χ4n) is 4.33. The van der Waals surface area contributed by atoms with E-state index in [1.807, 2.05) is 0 Å². The van der Waals surface area contributed by atoms with Crippen LogP contribution in [-0.2, 0) is 5.41 Å². The fourth-order valence-corrected chi connectivity index (χ4v) is 4.33. The summed E-state index contributed by atoms with van der Waals surface area (Å²) in [6.45, 7) is 10.2. The molecule has 0 aromatic heterocycles. The van der Waals surface area contributed by atoms with E-state index in [-0.39, 0.29) is 5.41 Å². The predicted octanol–water partition coefficient (Wildman–Crippen LogP) is 7.07. The van der Waals surface area contributed by atoms with Crippen molar-refractivity contribution in [2.45, 2.75) is 70.6 Å². The van der Waals surface area contributed by atoms with E-state index < -0.39 is 0 Å². The van der Waals surface area contributed by atoms with E-state index in [9.17, 15) is 0 Å². The first-order valence-electron chi connectivity index (χ1n) is 10.8. The number of rotatable bonds is 8. The maximum atomic E-state index is 6.13. The topological polar surface area (TPSA) is 9.23 Å². The summed E-state index contributed by atoms with van der Waals surface area (Å²) < 4.78 is 6.13. The zero-order chi connectivity index (χ0) is 19.0. The molecule has 27 heavy (non-hydrogen) atoms. The Kier molecular flexibility index (Phi) is 5.05. The smallest absolute Gasteiger partial charge is 0.119 e. The van der Waals surface area contributed by atoms with Gasteiger partial charge < -0.3 is 4.74 Å². The Morgan fingerprint density at radius 1 is 1.00 bits per heavy atom. The Balaban J connectivity index is 1.31. The molecule has 2 aliphatic carbocycles. The van der Waals surface area contributed by atoms with Gasteiger partial charge in [0.05, 0.1) is 6.61 Å². The largest absolute Gasteiger partial charge is 0.493 e. The molecule has 0 heterocycles. The zero-order valence-corrected chi connectivity index (χ0v) is 17.4. The third-order valence-corrected chi connectivity index (χ3v) is 6.55. The van der Waals surface area contributed by atoms with Crippen molar-refractivity contribution in [3.05, 3.63) is 65.2 Å². The van der Waals surface area contributed by atoms with Gasteiger partial charge in [-0.25, -0.2) is 0 Å². The minimum absolute atomic E-state index is 0.252. The molecule has 0 N–H and O–H groups in total. The molecule has 4 rings (SSSR count). The molecule has 1 nitrogen and oxygen atoms in total. The van der Waals surface area contributed by atoms with Crippen LogP contribution in [0.3, 0.4) is 0 Å². The number of ether oxygens (including phenoxy) is 1. The highest BCUT2D eigenvalue weighted by molar-refractivity contribution is 5.33. The minimum atomic E-state index is 0.252. The van der Waals surface area contributed by atoms with Crippen LogP contribution < -0.4 is 4.74 Å². The van der Waals surface area contributed by atoms with Crippen LogP contribution in [0, 0.1) is 11.8 Å². The van der Waals surface area contributed by atoms with E-state index in [4.69, 9.17) is 4.74 Å². The van der Waals surface area contributed by atoms with Gasteiger partial charge in [0.1, 0.15) is 5.75 Å². The maximum absolute atomic E-state index is 6.13. The van der Waals surface area contributed by atoms with E-state index in [1.165, 1.54) is 36.8 Å². The molecule has 2 unspecified atom stereocenters. The molecule has 0 aliphatic heterocycles. The van der Waals surface area contributed by atoms with Crippen molar-refractivity contribution in [3.8, 4) is 5.75 Å². The van der Waals surface area contributed by atoms with Crippen LogP contribution in [-0.4, -0.2) is 6.61 Å². The highest BCUT2D eigenvalue weighted by Gasteiger charge is 2.41. The summed E-state index contributed by atoms with van der Waals surface area (Å²) in [6.07, 6.45) is 5.34. The summed E-state index contributed by atoms with van der Waals surface area (Å²) in [4.78, 5) is 0. The summed E-state index contributed by atoms with van der Waals surface area (Å²) in [5.74, 6) is 3.94. The second-order valence-electron chi connectivity index (χ2n) is 9.78. The van der Waals surface area contributed by atoms with Crippen molar-refractivity contribution < 1.29 is 4.74 Å². The van der Waals surface area contributed by atoms with Gasteiger partial charge in [0.25, 0.3) is 0 Å². The minimum Gasteiger partial charge on any atom is -0.493 e. The second-order valence-corrected chi connectivity index (χ2v) is 9.78. The van der Waals surface area contributed by atoms with Crippen LogP contribution in [0.25, 0.3) is 0 Å². The van der Waals surface area contributed by atoms with Gasteiger partial charge in [-0.05, 0) is 83.6 Å². The molecule has 1 heteroatoms. The molecule has 2 atom stereocenters. The molecular weight excluding hydrogens is 328 g/mol. The molecule has 2 aromatic carbocycles. The third-order valence-electron chi connectivity index (χ3n) is 6.55. The summed E-state index contributed by atoms with van der Waals surface area (Å²) in [6, 6.07) is 18.0. The second kappa shape index (κ2) is 7.34. The van der Waals surface area contributed by atoms with Crippen LogP contribution in [0.1, 0.15) is 81.9 Å². The van der Waals surface area contributed by atoms with Crippen molar-refractivity contribution in [2.24, 2.45) is 11.8 Å². The number of hydrogen-bond donors (Lipinski definition) is 0. The van der Waals surface area contributed by atoms with Crippen LogP contribution in [0.15, 0.2) is 48.5 Å². The Bertz CT molecular complexity index is 784. The van der Waals surface area contributed by atoms with Crippen LogP contribution in [0.4, 0.5) is 0 Å². The highest BCUT2D eigenvalue weighted by atomic mass is 16.5. The zero-order valence-electron chi connectivity index (χ0n) is 17.4. The molecule has 0 saturated heterocycles. The first-order chi connectivity index (χ1) is 12.9. The summed E-state index contributed by atoms with van der Waals surface area (Å²) >= 11 is 0. The lowest BCUT2D eigenvalue weighted by Crippen LogP contribution is -2.19. The molecule has 0 radical (unpaired) electrons. The number of benzene rings is 2. The van der Waals surface area contributed by atoms with Crippen LogP contribution in [0.2, 0.25) is 0 Å². The van der Waals surface area contributed by atoms with Gasteiger partial charge in [-0.1, -0.05) is 64.1 Å². The monoisotopic (exact) mass is 362 g/mol. The van der Waals surface area contributed by atoms with Crippen molar-refractivity contribution >= 4 is 0 Å². The average molecular weight is 363 g/mol. The molecular formula is C26H34O. The van der Waals surface area contributed by atoms with Crippen molar-refractivity contribution in [3.63, 3.8) is 0 Å². The lowest BCUT2D eigenvalue weighted by Gasteiger charge is -2.26. The normalized spacial score (nSPS) is 22.1. The van der Waals surface area contributed by atoms with Gasteiger partial charge >= 0.3 is 0 Å². The fraction of sp³-hybridized carbons (Fsp3) is 0.538. The average Bonchev–Trinajstić information content (AvgIpc) is 3.56. The first-order valence-corrected chi connectivity index (χ1v) is 10.8. The van der Waals surface area contributed by atoms with E-state index in [1.54, 1.807) is 5.56 Å². The van der Waals surface area contributed by atoms with Gasteiger partial charge in [-0.3, -0.25) is 0 Å². The Labute approximate surface area is 165 Å². The molecule has 0 spiro atoms. The van der Waals surface area contributed by atoms with Crippen LogP contribution in [0.5, 0.6) is 5.75 Å². The van der Waals surface area contributed by atoms with E-state index in [0.29, 0.717) is 5.92 Å². The summed E-state index contributed by atoms with van der Waals surface area (Å²) in [7, 11) is 0. The Morgan fingerprint density at radius 3 is 2.52 bits per heavy atom. The van der Waals surface area contributed by atoms with E-state index >= 15 is 0 Å². The number of hydrogen-bond acceptors (Lipinski definition) is 1. The maximum Gasteiger partial charge on any atom is 0.119 e. The van der Waals surface area contributed by atoms with Gasteiger partial charge in [0, 0.05) is 0 Å². The Hall–Kier alpha value is -1.76. The van der Waals surface area contributed by atoms with Crippen molar-refractivity contribution in [2.75, 3.05) is 6.61 Å². The van der Waals surface area contributed by atoms with Gasteiger partial charge in [-0.2, -0.15) is 0 Å². The van der Waals surface area contributed by atoms with Gasteiger partial charge in [-0.15, -0.1) is 0 Å². The predicted molar refractivity (Wildman–Crippen MR) is 114 cm³/mol. The third kappa shape index (κ3) is 4.57. The Morgan fingerprint density at radius 2 is 1.78 bits per heavy atom. The lowest BCUT2D eigenvalue weighted by molar-refractivity contribution is 0.284.